The number of hydrogen-bond donors (Lipinski definition) is 2. The molecule has 202 valence electrons. The van der Waals surface area contributed by atoms with Crippen molar-refractivity contribution in [3.63, 3.8) is 0 Å². The average molecular weight is 623 g/mol. The smallest absolute Gasteiger partial charge is 0.228 e. The van der Waals surface area contributed by atoms with Crippen molar-refractivity contribution in [2.45, 2.75) is 13.0 Å². The number of benzene rings is 4. The third-order valence-corrected chi connectivity index (χ3v) is 7.58. The van der Waals surface area contributed by atoms with Crippen LogP contribution in [-0.4, -0.2) is 20.5 Å². The van der Waals surface area contributed by atoms with Gasteiger partial charge in [0.15, 0.2) is 5.65 Å². The van der Waals surface area contributed by atoms with Crippen molar-refractivity contribution in [1.29, 1.82) is 0 Å². The molecule has 4 aromatic carbocycles. The van der Waals surface area contributed by atoms with Crippen LogP contribution in [0.2, 0.25) is 5.02 Å². The van der Waals surface area contributed by atoms with E-state index in [1.807, 2.05) is 84.9 Å². The highest BCUT2D eigenvalue weighted by Crippen LogP contribution is 2.30. The van der Waals surface area contributed by atoms with Gasteiger partial charge in [0, 0.05) is 28.9 Å². The molecule has 0 aliphatic rings. The van der Waals surface area contributed by atoms with Gasteiger partial charge in [0.2, 0.25) is 5.91 Å². The van der Waals surface area contributed by atoms with Crippen molar-refractivity contribution < 1.29 is 4.79 Å². The van der Waals surface area contributed by atoms with Crippen LogP contribution < -0.4 is 10.6 Å². The molecule has 0 fully saturated rings. The number of nitrogens with zero attached hydrogens (tertiary/aromatic N) is 3. The van der Waals surface area contributed by atoms with Crippen LogP contribution in [0.1, 0.15) is 11.1 Å². The van der Waals surface area contributed by atoms with E-state index >= 15 is 0 Å². The van der Waals surface area contributed by atoms with Crippen molar-refractivity contribution in [1.82, 2.24) is 14.6 Å². The summed E-state index contributed by atoms with van der Waals surface area (Å²) in [7, 11) is 0. The zero-order valence-corrected chi connectivity index (χ0v) is 24.2. The number of carbonyl (C=O) groups excluding carboxylic acids is 1. The molecule has 0 spiro atoms. The molecule has 6 rings (SSSR count). The predicted octanol–water partition coefficient (Wildman–Crippen LogP) is 8.27. The minimum Gasteiger partial charge on any atom is -0.366 e. The highest BCUT2D eigenvalue weighted by molar-refractivity contribution is 9.10. The Labute approximate surface area is 251 Å². The molecule has 2 aromatic heterocycles. The number of halogens is 2. The van der Waals surface area contributed by atoms with E-state index < -0.39 is 0 Å². The van der Waals surface area contributed by atoms with Crippen LogP contribution in [0.5, 0.6) is 0 Å². The van der Waals surface area contributed by atoms with E-state index in [2.05, 4.69) is 55.9 Å². The van der Waals surface area contributed by atoms with Gasteiger partial charge in [0.05, 0.1) is 22.8 Å². The Morgan fingerprint density at radius 2 is 1.59 bits per heavy atom. The summed E-state index contributed by atoms with van der Waals surface area (Å²) in [5, 5.41) is 11.6. The number of fused-ring (bicyclic) bond motifs is 1. The first-order valence-corrected chi connectivity index (χ1v) is 14.3. The Hall–Kier alpha value is -4.46. The number of carbonyl (C=O) groups is 1. The maximum atomic E-state index is 12.8. The topological polar surface area (TPSA) is 71.3 Å². The zero-order chi connectivity index (χ0) is 28.2. The summed E-state index contributed by atoms with van der Waals surface area (Å²) in [4.78, 5) is 17.6. The van der Waals surface area contributed by atoms with Gasteiger partial charge >= 0.3 is 0 Å². The third-order valence-electron chi connectivity index (χ3n) is 6.69. The molecule has 0 saturated carbocycles. The van der Waals surface area contributed by atoms with Crippen molar-refractivity contribution in [2.75, 3.05) is 10.6 Å². The van der Waals surface area contributed by atoms with Crippen LogP contribution in [0.15, 0.2) is 120 Å². The molecule has 0 radical (unpaired) electrons. The van der Waals surface area contributed by atoms with E-state index in [-0.39, 0.29) is 5.91 Å². The summed E-state index contributed by atoms with van der Waals surface area (Å²) in [6.07, 6.45) is 2.01. The highest BCUT2D eigenvalue weighted by Gasteiger charge is 2.13. The standard InChI is InChI=1S/C33H25BrClN5O/c34-28-21-37-40-31(19-30(39-33(28)40)27-11-4-5-12-29(27)35)36-20-23-7-6-10-26(17-23)38-32(41)18-22-13-15-25(16-14-22)24-8-2-1-3-9-24/h1-17,19,21,36H,18,20H2,(H,38,41). The fraction of sp³-hybridized carbons (Fsp3) is 0.0606. The summed E-state index contributed by atoms with van der Waals surface area (Å²) < 4.78 is 2.54. The van der Waals surface area contributed by atoms with Gasteiger partial charge in [-0.2, -0.15) is 9.61 Å². The van der Waals surface area contributed by atoms with Crippen molar-refractivity contribution >= 4 is 50.6 Å². The van der Waals surface area contributed by atoms with E-state index in [1.165, 1.54) is 0 Å². The fourth-order valence-electron chi connectivity index (χ4n) is 4.66. The predicted molar refractivity (Wildman–Crippen MR) is 169 cm³/mol. The molecule has 0 aliphatic carbocycles. The normalized spacial score (nSPS) is 11.0. The second-order valence-electron chi connectivity index (χ2n) is 9.58. The molecule has 1 amide bonds. The lowest BCUT2D eigenvalue weighted by Crippen LogP contribution is -2.14. The van der Waals surface area contributed by atoms with Gasteiger partial charge in [0.25, 0.3) is 0 Å². The summed E-state index contributed by atoms with van der Waals surface area (Å²) in [6, 6.07) is 35.7. The van der Waals surface area contributed by atoms with Gasteiger partial charge < -0.3 is 10.6 Å². The summed E-state index contributed by atoms with van der Waals surface area (Å²) in [5.41, 5.74) is 7.25. The highest BCUT2D eigenvalue weighted by atomic mass is 79.9. The van der Waals surface area contributed by atoms with Gasteiger partial charge in [-0.05, 0) is 56.4 Å². The molecular formula is C33H25BrClN5O. The quantitative estimate of drug-likeness (QED) is 0.179. The van der Waals surface area contributed by atoms with Crippen molar-refractivity contribution in [3.8, 4) is 22.4 Å². The second kappa shape index (κ2) is 12.0. The van der Waals surface area contributed by atoms with E-state index in [1.54, 1.807) is 10.7 Å². The van der Waals surface area contributed by atoms with Crippen LogP contribution in [0.4, 0.5) is 11.5 Å². The van der Waals surface area contributed by atoms with E-state index in [4.69, 9.17) is 16.6 Å². The minimum absolute atomic E-state index is 0.0656. The molecule has 6 nitrogen and oxygen atoms in total. The van der Waals surface area contributed by atoms with Gasteiger partial charge in [-0.1, -0.05) is 96.5 Å². The molecule has 41 heavy (non-hydrogen) atoms. The Kier molecular flexibility index (Phi) is 7.80. The third kappa shape index (κ3) is 6.16. The van der Waals surface area contributed by atoms with E-state index in [0.717, 1.165) is 49.5 Å². The lowest BCUT2D eigenvalue weighted by atomic mass is 10.0. The molecule has 6 aromatic rings. The molecule has 8 heteroatoms. The molecule has 2 N–H and O–H groups in total. The van der Waals surface area contributed by atoms with E-state index in [0.29, 0.717) is 23.6 Å². The summed E-state index contributed by atoms with van der Waals surface area (Å²) in [6.45, 7) is 0.517. The molecule has 0 unspecified atom stereocenters. The second-order valence-corrected chi connectivity index (χ2v) is 10.8. The van der Waals surface area contributed by atoms with Gasteiger partial charge in [-0.15, -0.1) is 0 Å². The summed E-state index contributed by atoms with van der Waals surface area (Å²) in [5.74, 6) is 0.702. The Morgan fingerprint density at radius 3 is 2.39 bits per heavy atom. The van der Waals surface area contributed by atoms with Crippen LogP contribution in [0.3, 0.4) is 0 Å². The Bertz CT molecular complexity index is 1840. The van der Waals surface area contributed by atoms with Gasteiger partial charge in [-0.25, -0.2) is 4.98 Å². The molecule has 2 heterocycles. The summed E-state index contributed by atoms with van der Waals surface area (Å²) >= 11 is 10.0. The number of rotatable bonds is 8. The number of aromatic nitrogens is 3. The number of nitrogens with one attached hydrogen (secondary N) is 2. The number of amides is 1. The molecular weight excluding hydrogens is 598 g/mol. The average Bonchev–Trinajstić information content (AvgIpc) is 3.37. The Morgan fingerprint density at radius 1 is 0.829 bits per heavy atom. The first-order valence-electron chi connectivity index (χ1n) is 13.1. The first-order chi connectivity index (χ1) is 20.0. The SMILES string of the molecule is O=C(Cc1ccc(-c2ccccc2)cc1)Nc1cccc(CNc2cc(-c3ccccc3Cl)nc3c(Br)cnn23)c1. The molecule has 0 bridgehead atoms. The maximum Gasteiger partial charge on any atom is 0.228 e. The number of anilines is 2. The van der Waals surface area contributed by atoms with Gasteiger partial charge in [-0.3, -0.25) is 4.79 Å². The largest absolute Gasteiger partial charge is 0.366 e. The van der Waals surface area contributed by atoms with Gasteiger partial charge in [0.1, 0.15) is 5.82 Å². The molecule has 0 saturated heterocycles. The molecule has 0 aliphatic heterocycles. The first kappa shape index (κ1) is 26.7. The molecule has 0 atom stereocenters. The minimum atomic E-state index is -0.0656. The zero-order valence-electron chi connectivity index (χ0n) is 21.9. The van der Waals surface area contributed by atoms with Crippen LogP contribution >= 0.6 is 27.5 Å². The van der Waals surface area contributed by atoms with Crippen LogP contribution in [0, 0.1) is 0 Å². The van der Waals surface area contributed by atoms with Crippen molar-refractivity contribution in [2.24, 2.45) is 0 Å². The number of hydrogen-bond acceptors (Lipinski definition) is 4. The lowest BCUT2D eigenvalue weighted by molar-refractivity contribution is -0.115. The van der Waals surface area contributed by atoms with E-state index in [9.17, 15) is 4.79 Å². The van der Waals surface area contributed by atoms with Crippen LogP contribution in [-0.2, 0) is 17.8 Å². The van der Waals surface area contributed by atoms with Crippen LogP contribution in [0.25, 0.3) is 28.0 Å². The maximum absolute atomic E-state index is 12.8. The fourth-order valence-corrected chi connectivity index (χ4v) is 5.24. The Balaban J connectivity index is 1.14. The van der Waals surface area contributed by atoms with Crippen molar-refractivity contribution in [3.05, 3.63) is 136 Å². The lowest BCUT2D eigenvalue weighted by Gasteiger charge is -2.13. The monoisotopic (exact) mass is 621 g/mol.